The predicted octanol–water partition coefficient (Wildman–Crippen LogP) is -1.26. The minimum absolute atomic E-state index is 0.0176. The van der Waals surface area contributed by atoms with E-state index in [9.17, 15) is 10.4 Å². The van der Waals surface area contributed by atoms with Gasteiger partial charge in [-0.1, -0.05) is 0 Å². The average molecular weight is 200 g/mol. The number of hydrogen-bond acceptors (Lipinski definition) is 6. The van der Waals surface area contributed by atoms with Gasteiger partial charge in [-0.05, 0) is 6.92 Å². The normalized spacial score (nSPS) is 10.1. The Morgan fingerprint density at radius 1 is 1.29 bits per heavy atom. The summed E-state index contributed by atoms with van der Waals surface area (Å²) in [6.45, 7) is 2.22. The maximum atomic E-state index is 9.36. The Bertz CT molecular complexity index is 459. The van der Waals surface area contributed by atoms with Gasteiger partial charge in [0.15, 0.2) is 11.6 Å². The Morgan fingerprint density at radius 3 is 2.29 bits per heavy atom. The highest BCUT2D eigenvalue weighted by molar-refractivity contribution is 5.55. The van der Waals surface area contributed by atoms with Crippen LogP contribution in [0.5, 0.6) is 0 Å². The van der Waals surface area contributed by atoms with Crippen molar-refractivity contribution in [3.63, 3.8) is 0 Å². The fourth-order valence-electron chi connectivity index (χ4n) is 0.975. The molecule has 1 rings (SSSR count). The standard InChI is InChI=1S/C6H12N6O2/c1-2-10-6-5(9)11(13)3(7)4(8)12(6)14/h7-8,10,13-14H,2,9H2,1H3. The molecule has 0 bridgehead atoms. The predicted molar refractivity (Wildman–Crippen MR) is 47.1 cm³/mol. The Balaban J connectivity index is 3.60. The second kappa shape index (κ2) is 3.32. The molecule has 0 aliphatic carbocycles. The van der Waals surface area contributed by atoms with E-state index in [1.54, 1.807) is 6.92 Å². The van der Waals surface area contributed by atoms with E-state index in [0.29, 0.717) is 16.0 Å². The summed E-state index contributed by atoms with van der Waals surface area (Å²) in [6, 6.07) is 0. The number of anilines is 2. The summed E-state index contributed by atoms with van der Waals surface area (Å²) < 4.78 is 0.737. The second-order valence-corrected chi connectivity index (χ2v) is 2.58. The summed E-state index contributed by atoms with van der Waals surface area (Å²) in [6.07, 6.45) is 0. The first kappa shape index (κ1) is 9.96. The molecule has 1 aromatic rings. The van der Waals surface area contributed by atoms with Crippen LogP contribution in [0, 0.1) is 10.8 Å². The molecule has 8 nitrogen and oxygen atoms in total. The van der Waals surface area contributed by atoms with E-state index < -0.39 is 11.0 Å². The van der Waals surface area contributed by atoms with Crippen LogP contribution in [0.2, 0.25) is 0 Å². The minimum Gasteiger partial charge on any atom is -0.425 e. The maximum Gasteiger partial charge on any atom is 0.209 e. The lowest BCUT2D eigenvalue weighted by Crippen LogP contribution is -2.42. The first-order chi connectivity index (χ1) is 6.50. The summed E-state index contributed by atoms with van der Waals surface area (Å²) in [7, 11) is 0. The third-order valence-electron chi connectivity index (χ3n) is 1.67. The van der Waals surface area contributed by atoms with Gasteiger partial charge in [0.05, 0.1) is 0 Å². The molecular formula is C6H12N6O2. The molecule has 0 radical (unpaired) electrons. The van der Waals surface area contributed by atoms with Crippen LogP contribution in [-0.4, -0.2) is 26.4 Å². The molecular weight excluding hydrogens is 188 g/mol. The zero-order valence-electron chi connectivity index (χ0n) is 7.57. The summed E-state index contributed by atoms with van der Waals surface area (Å²) in [5, 5.41) is 35.7. The molecule has 7 N–H and O–H groups in total. The van der Waals surface area contributed by atoms with Crippen molar-refractivity contribution in [2.75, 3.05) is 17.6 Å². The first-order valence-corrected chi connectivity index (χ1v) is 3.89. The lowest BCUT2D eigenvalue weighted by atomic mass is 10.5. The van der Waals surface area contributed by atoms with Crippen molar-refractivity contribution < 1.29 is 10.4 Å². The van der Waals surface area contributed by atoms with E-state index in [0.717, 1.165) is 0 Å². The average Bonchev–Trinajstić information content (AvgIpc) is 2.19. The second-order valence-electron chi connectivity index (χ2n) is 2.58. The molecule has 78 valence electrons. The van der Waals surface area contributed by atoms with Crippen LogP contribution < -0.4 is 22.0 Å². The van der Waals surface area contributed by atoms with Crippen LogP contribution in [0.3, 0.4) is 0 Å². The van der Waals surface area contributed by atoms with Gasteiger partial charge in [-0.15, -0.1) is 9.46 Å². The Morgan fingerprint density at radius 2 is 1.79 bits per heavy atom. The van der Waals surface area contributed by atoms with Gasteiger partial charge in [0.1, 0.15) is 0 Å². The minimum atomic E-state index is -0.591. The lowest BCUT2D eigenvalue weighted by Gasteiger charge is -2.13. The number of aromatic nitrogens is 2. The molecule has 1 aromatic heterocycles. The quantitative estimate of drug-likeness (QED) is 0.332. The third-order valence-corrected chi connectivity index (χ3v) is 1.67. The van der Waals surface area contributed by atoms with Crippen LogP contribution in [0.25, 0.3) is 0 Å². The molecule has 0 fully saturated rings. The highest BCUT2D eigenvalue weighted by atomic mass is 16.5. The van der Waals surface area contributed by atoms with Crippen molar-refractivity contribution in [3.8, 4) is 0 Å². The molecule has 0 amide bonds. The van der Waals surface area contributed by atoms with Crippen molar-refractivity contribution in [3.05, 3.63) is 11.0 Å². The van der Waals surface area contributed by atoms with Crippen molar-refractivity contribution in [1.82, 2.24) is 9.46 Å². The SMILES string of the molecule is CCNc1c(N)n(O)c(=N)c(=N)n1O. The molecule has 0 spiro atoms. The number of nitrogens with one attached hydrogen (secondary N) is 3. The monoisotopic (exact) mass is 200 g/mol. The van der Waals surface area contributed by atoms with E-state index in [2.05, 4.69) is 5.32 Å². The smallest absolute Gasteiger partial charge is 0.209 e. The summed E-state index contributed by atoms with van der Waals surface area (Å²) >= 11 is 0. The Kier molecular flexibility index (Phi) is 2.36. The number of nitrogens with two attached hydrogens (primary N) is 1. The van der Waals surface area contributed by atoms with Crippen LogP contribution >= 0.6 is 0 Å². The van der Waals surface area contributed by atoms with Gasteiger partial charge >= 0.3 is 0 Å². The molecule has 0 aliphatic heterocycles. The molecule has 0 aliphatic rings. The highest BCUT2D eigenvalue weighted by Crippen LogP contribution is 2.10. The van der Waals surface area contributed by atoms with Gasteiger partial charge in [-0.3, -0.25) is 10.8 Å². The first-order valence-electron chi connectivity index (χ1n) is 3.89. The summed E-state index contributed by atoms with van der Waals surface area (Å²) in [4.78, 5) is 0. The fourth-order valence-corrected chi connectivity index (χ4v) is 0.975. The molecule has 0 saturated heterocycles. The van der Waals surface area contributed by atoms with Gasteiger partial charge in [0.2, 0.25) is 11.0 Å². The van der Waals surface area contributed by atoms with Gasteiger partial charge < -0.3 is 21.5 Å². The molecule has 0 unspecified atom stereocenters. The van der Waals surface area contributed by atoms with Gasteiger partial charge in [0.25, 0.3) is 0 Å². The van der Waals surface area contributed by atoms with Crippen LogP contribution in [-0.2, 0) is 0 Å². The maximum absolute atomic E-state index is 9.36. The molecule has 0 saturated carbocycles. The van der Waals surface area contributed by atoms with Crippen molar-refractivity contribution in [2.24, 2.45) is 0 Å². The van der Waals surface area contributed by atoms with Crippen molar-refractivity contribution in [1.29, 1.82) is 10.8 Å². The van der Waals surface area contributed by atoms with E-state index in [1.807, 2.05) is 0 Å². The van der Waals surface area contributed by atoms with Crippen LogP contribution in [0.15, 0.2) is 0 Å². The number of nitrogens with zero attached hydrogens (tertiary/aromatic N) is 2. The van der Waals surface area contributed by atoms with E-state index in [1.165, 1.54) is 0 Å². The summed E-state index contributed by atoms with van der Waals surface area (Å²) in [5.74, 6) is -0.244. The van der Waals surface area contributed by atoms with E-state index >= 15 is 0 Å². The molecule has 14 heavy (non-hydrogen) atoms. The number of rotatable bonds is 2. The third kappa shape index (κ3) is 1.26. The largest absolute Gasteiger partial charge is 0.425 e. The summed E-state index contributed by atoms with van der Waals surface area (Å²) in [5.41, 5.74) is 4.26. The van der Waals surface area contributed by atoms with E-state index in [4.69, 9.17) is 16.6 Å². The highest BCUT2D eigenvalue weighted by Gasteiger charge is 2.11. The zero-order chi connectivity index (χ0) is 10.9. The van der Waals surface area contributed by atoms with Gasteiger partial charge in [-0.25, -0.2) is 0 Å². The van der Waals surface area contributed by atoms with Gasteiger partial charge in [0, 0.05) is 6.54 Å². The van der Waals surface area contributed by atoms with Crippen LogP contribution in [0.4, 0.5) is 11.6 Å². The molecule has 8 heteroatoms. The Labute approximate surface area is 78.8 Å². The topological polar surface area (TPSA) is 136 Å². The molecule has 1 heterocycles. The lowest BCUT2D eigenvalue weighted by molar-refractivity contribution is 0.140. The van der Waals surface area contributed by atoms with E-state index in [-0.39, 0.29) is 11.6 Å². The van der Waals surface area contributed by atoms with Gasteiger partial charge in [-0.2, -0.15) is 0 Å². The fraction of sp³-hybridized carbons (Fsp3) is 0.333. The number of nitrogen functional groups attached to an aromatic ring is 1. The Hall–Kier alpha value is -2.12. The number of hydrogen-bond donors (Lipinski definition) is 6. The van der Waals surface area contributed by atoms with Crippen LogP contribution in [0.1, 0.15) is 6.92 Å². The molecule has 0 aromatic carbocycles. The zero-order valence-corrected chi connectivity index (χ0v) is 7.57. The molecule has 0 atom stereocenters. The van der Waals surface area contributed by atoms with Crippen molar-refractivity contribution in [2.45, 2.75) is 6.92 Å². The van der Waals surface area contributed by atoms with Crippen molar-refractivity contribution >= 4 is 11.6 Å².